The van der Waals surface area contributed by atoms with Crippen LogP contribution in [0.1, 0.15) is 71.1 Å². The number of allylic oxidation sites excluding steroid dienone is 1. The fraction of sp³-hybridized carbons (Fsp3) is 0.800. The average Bonchev–Trinajstić information content (AvgIpc) is 2.82. The van der Waals surface area contributed by atoms with Crippen LogP contribution in [0.25, 0.3) is 0 Å². The molecule has 140 valence electrons. The van der Waals surface area contributed by atoms with Gasteiger partial charge in [0.25, 0.3) is 0 Å². The molecule has 0 aromatic heterocycles. The van der Waals surface area contributed by atoms with Crippen molar-refractivity contribution < 1.29 is 20.4 Å². The first-order valence-electron chi connectivity index (χ1n) is 9.61. The van der Waals surface area contributed by atoms with Gasteiger partial charge in [-0.2, -0.15) is 0 Å². The van der Waals surface area contributed by atoms with Gasteiger partial charge in [-0.1, -0.05) is 57.3 Å². The third kappa shape index (κ3) is 7.82. The molecule has 1 fully saturated rings. The number of unbranched alkanes of at least 4 members (excludes halogenated alkanes) is 5. The highest BCUT2D eigenvalue weighted by Gasteiger charge is 2.39. The fourth-order valence-corrected chi connectivity index (χ4v) is 3.63. The summed E-state index contributed by atoms with van der Waals surface area (Å²) in [6, 6.07) is 0. The van der Waals surface area contributed by atoms with Crippen molar-refractivity contribution in [3.05, 3.63) is 24.5 Å². The zero-order chi connectivity index (χ0) is 17.8. The van der Waals surface area contributed by atoms with E-state index in [1.54, 1.807) is 12.2 Å². The van der Waals surface area contributed by atoms with E-state index in [-0.39, 0.29) is 11.8 Å². The summed E-state index contributed by atoms with van der Waals surface area (Å²) in [7, 11) is 0. The minimum absolute atomic E-state index is 0.0573. The second-order valence-electron chi connectivity index (χ2n) is 7.08. The van der Waals surface area contributed by atoms with Gasteiger partial charge in [-0.05, 0) is 31.6 Å². The molecule has 5 unspecified atom stereocenters. The van der Waals surface area contributed by atoms with E-state index in [1.807, 2.05) is 6.08 Å². The maximum absolute atomic E-state index is 10.2. The average molecular weight is 341 g/mol. The molecular formula is C20H36O4. The molecule has 0 saturated heterocycles. The van der Waals surface area contributed by atoms with E-state index in [0.717, 1.165) is 64.0 Å². The summed E-state index contributed by atoms with van der Waals surface area (Å²) >= 11 is 0. The van der Waals surface area contributed by atoms with Gasteiger partial charge in [-0.15, -0.1) is 0 Å². The van der Waals surface area contributed by atoms with Crippen molar-refractivity contribution >= 4 is 0 Å². The summed E-state index contributed by atoms with van der Waals surface area (Å²) in [5, 5.41) is 39.0. The zero-order valence-corrected chi connectivity index (χ0v) is 15.1. The fourth-order valence-electron chi connectivity index (χ4n) is 3.63. The van der Waals surface area contributed by atoms with Crippen LogP contribution in [-0.4, -0.2) is 38.7 Å². The van der Waals surface area contributed by atoms with Gasteiger partial charge in [0.05, 0.1) is 24.6 Å². The normalized spacial score (nSPS) is 29.0. The Bertz CT molecular complexity index is 367. The summed E-state index contributed by atoms with van der Waals surface area (Å²) in [6.07, 6.45) is 14.5. The molecule has 0 heterocycles. The molecular weight excluding hydrogens is 304 g/mol. The van der Waals surface area contributed by atoms with E-state index in [4.69, 9.17) is 5.11 Å². The van der Waals surface area contributed by atoms with Crippen LogP contribution in [0.5, 0.6) is 0 Å². The lowest BCUT2D eigenvalue weighted by Crippen LogP contribution is -2.21. The minimum atomic E-state index is -0.513. The molecule has 0 aromatic carbocycles. The number of aliphatic hydroxyl groups excluding tert-OH is 4. The van der Waals surface area contributed by atoms with E-state index in [9.17, 15) is 15.3 Å². The lowest BCUT2D eigenvalue weighted by atomic mass is 9.88. The van der Waals surface area contributed by atoms with Crippen molar-refractivity contribution in [2.24, 2.45) is 11.8 Å². The number of hydrogen-bond acceptors (Lipinski definition) is 4. The van der Waals surface area contributed by atoms with E-state index in [0.29, 0.717) is 6.42 Å². The van der Waals surface area contributed by atoms with Crippen LogP contribution < -0.4 is 0 Å². The first-order valence-corrected chi connectivity index (χ1v) is 9.61. The summed E-state index contributed by atoms with van der Waals surface area (Å²) in [6.45, 7) is 2.14. The zero-order valence-electron chi connectivity index (χ0n) is 15.1. The molecule has 0 amide bonds. The molecule has 4 heteroatoms. The van der Waals surface area contributed by atoms with E-state index >= 15 is 0 Å². The highest BCUT2D eigenvalue weighted by atomic mass is 16.3. The van der Waals surface area contributed by atoms with Crippen LogP contribution in [-0.2, 0) is 0 Å². The summed E-state index contributed by atoms with van der Waals surface area (Å²) in [5.41, 5.74) is 0. The Morgan fingerprint density at radius 1 is 1.04 bits per heavy atom. The Balaban J connectivity index is 2.41. The highest BCUT2D eigenvalue weighted by Crippen LogP contribution is 2.37. The Labute approximate surface area is 146 Å². The van der Waals surface area contributed by atoms with Crippen molar-refractivity contribution in [1.82, 2.24) is 0 Å². The summed E-state index contributed by atoms with van der Waals surface area (Å²) < 4.78 is 0. The molecule has 1 rings (SSSR count). The van der Waals surface area contributed by atoms with E-state index in [1.165, 1.54) is 0 Å². The Kier molecular flexibility index (Phi) is 11.1. The molecule has 0 aliphatic heterocycles. The molecule has 0 aromatic rings. The van der Waals surface area contributed by atoms with Crippen LogP contribution >= 0.6 is 0 Å². The van der Waals surface area contributed by atoms with Gasteiger partial charge in [-0.3, -0.25) is 0 Å². The van der Waals surface area contributed by atoms with Crippen LogP contribution in [0.2, 0.25) is 0 Å². The predicted octanol–water partition coefficient (Wildman–Crippen LogP) is 3.86. The Morgan fingerprint density at radius 2 is 1.83 bits per heavy atom. The van der Waals surface area contributed by atoms with Gasteiger partial charge >= 0.3 is 0 Å². The quantitative estimate of drug-likeness (QED) is 0.247. The first-order chi connectivity index (χ1) is 11.6. The van der Waals surface area contributed by atoms with Crippen molar-refractivity contribution in [3.8, 4) is 0 Å². The second-order valence-corrected chi connectivity index (χ2v) is 7.08. The van der Waals surface area contributed by atoms with Crippen molar-refractivity contribution in [3.63, 3.8) is 0 Å². The number of aliphatic hydroxyl groups is 4. The number of rotatable bonds is 12. The van der Waals surface area contributed by atoms with Gasteiger partial charge in [0, 0.05) is 12.3 Å². The van der Waals surface area contributed by atoms with Gasteiger partial charge in [0.2, 0.25) is 0 Å². The highest BCUT2D eigenvalue weighted by molar-refractivity contribution is 5.04. The molecule has 0 bridgehead atoms. The van der Waals surface area contributed by atoms with Crippen molar-refractivity contribution in [2.45, 2.75) is 89.4 Å². The molecule has 5 atom stereocenters. The molecule has 24 heavy (non-hydrogen) atoms. The third-order valence-corrected chi connectivity index (χ3v) is 5.09. The van der Waals surface area contributed by atoms with Crippen LogP contribution in [0, 0.1) is 11.8 Å². The molecule has 4 nitrogen and oxygen atoms in total. The molecule has 0 radical (unpaired) electrons. The lowest BCUT2D eigenvalue weighted by molar-refractivity contribution is 0.115. The van der Waals surface area contributed by atoms with Crippen LogP contribution in [0.15, 0.2) is 24.5 Å². The number of hydrogen-bond donors (Lipinski definition) is 4. The molecule has 1 aliphatic rings. The predicted molar refractivity (Wildman–Crippen MR) is 97.8 cm³/mol. The third-order valence-electron chi connectivity index (χ3n) is 5.09. The Morgan fingerprint density at radius 3 is 2.54 bits per heavy atom. The first kappa shape index (κ1) is 21.2. The summed E-state index contributed by atoms with van der Waals surface area (Å²) in [5.74, 6) is 0.0191. The van der Waals surface area contributed by atoms with Gasteiger partial charge in [-0.25, -0.2) is 0 Å². The minimum Gasteiger partial charge on any atom is -0.516 e. The summed E-state index contributed by atoms with van der Waals surface area (Å²) in [4.78, 5) is 0. The Hall–Kier alpha value is -0.840. The van der Waals surface area contributed by atoms with E-state index in [2.05, 4.69) is 6.92 Å². The van der Waals surface area contributed by atoms with Gasteiger partial charge in [0.15, 0.2) is 0 Å². The standard InChI is InChI=1S/C20H36O4/c1-2-3-7-10-16(22)12-13-18-17(19(23)15-20(18)24)11-8-5-4-6-9-14-21/h9,12-14,16-24H,2-8,10-11,15H2,1H3/b13-12+,14-9?. The van der Waals surface area contributed by atoms with Crippen LogP contribution in [0.3, 0.4) is 0 Å². The molecule has 1 saturated carbocycles. The van der Waals surface area contributed by atoms with Crippen LogP contribution in [0.4, 0.5) is 0 Å². The SMILES string of the molecule is CCCCCC(O)/C=C/C1C(O)CC(O)C1CCCCCC=CO. The topological polar surface area (TPSA) is 80.9 Å². The molecule has 0 spiro atoms. The maximum atomic E-state index is 10.2. The monoisotopic (exact) mass is 340 g/mol. The van der Waals surface area contributed by atoms with Gasteiger partial charge < -0.3 is 20.4 Å². The van der Waals surface area contributed by atoms with Crippen molar-refractivity contribution in [1.29, 1.82) is 0 Å². The largest absolute Gasteiger partial charge is 0.516 e. The smallest absolute Gasteiger partial charge is 0.0751 e. The van der Waals surface area contributed by atoms with Gasteiger partial charge in [0.1, 0.15) is 0 Å². The second kappa shape index (κ2) is 12.5. The molecule has 1 aliphatic carbocycles. The maximum Gasteiger partial charge on any atom is 0.0751 e. The lowest BCUT2D eigenvalue weighted by Gasteiger charge is -2.21. The van der Waals surface area contributed by atoms with E-state index < -0.39 is 18.3 Å². The molecule has 4 N–H and O–H groups in total. The van der Waals surface area contributed by atoms with Crippen molar-refractivity contribution in [2.75, 3.05) is 0 Å².